The monoisotopic (exact) mass is 183 g/mol. The van der Waals surface area contributed by atoms with Crippen molar-refractivity contribution in [1.29, 1.82) is 0 Å². The minimum Gasteiger partial charge on any atom is -0.409 e. The van der Waals surface area contributed by atoms with E-state index in [9.17, 15) is 0 Å². The van der Waals surface area contributed by atoms with E-state index in [1.54, 1.807) is 10.9 Å². The van der Waals surface area contributed by atoms with Crippen molar-refractivity contribution in [3.63, 3.8) is 0 Å². The Morgan fingerprint density at radius 2 is 2.62 bits per heavy atom. The molecule has 1 aromatic rings. The molecule has 1 rings (SSSR count). The van der Waals surface area contributed by atoms with Crippen molar-refractivity contribution in [1.82, 2.24) is 9.78 Å². The van der Waals surface area contributed by atoms with Gasteiger partial charge < -0.3 is 16.3 Å². The third kappa shape index (κ3) is 3.02. The zero-order valence-electron chi connectivity index (χ0n) is 7.44. The van der Waals surface area contributed by atoms with Crippen LogP contribution in [0.4, 0.5) is 5.69 Å². The van der Waals surface area contributed by atoms with Gasteiger partial charge in [-0.3, -0.25) is 4.68 Å². The van der Waals surface area contributed by atoms with E-state index >= 15 is 0 Å². The molecule has 0 aliphatic carbocycles. The zero-order chi connectivity index (χ0) is 9.68. The van der Waals surface area contributed by atoms with Crippen LogP contribution >= 0.6 is 0 Å². The van der Waals surface area contributed by atoms with Gasteiger partial charge in [-0.15, -0.1) is 0 Å². The largest absolute Gasteiger partial charge is 0.409 e. The number of nitrogens with one attached hydrogen (secondary N) is 1. The molecule has 0 aliphatic rings. The molecule has 0 atom stereocenters. The lowest BCUT2D eigenvalue weighted by atomic mass is 10.4. The molecule has 0 aliphatic heterocycles. The highest BCUT2D eigenvalue weighted by Crippen LogP contribution is 2.02. The van der Waals surface area contributed by atoms with Gasteiger partial charge in [0.05, 0.1) is 11.9 Å². The predicted molar refractivity (Wildman–Crippen MR) is 49.7 cm³/mol. The Bertz CT molecular complexity index is 293. The van der Waals surface area contributed by atoms with Crippen molar-refractivity contribution >= 4 is 11.5 Å². The summed E-state index contributed by atoms with van der Waals surface area (Å²) in [5, 5.41) is 18.2. The van der Waals surface area contributed by atoms with Gasteiger partial charge in [0.1, 0.15) is 5.84 Å². The van der Waals surface area contributed by atoms with E-state index in [0.29, 0.717) is 13.0 Å². The van der Waals surface area contributed by atoms with E-state index < -0.39 is 0 Å². The van der Waals surface area contributed by atoms with Crippen LogP contribution in [0.1, 0.15) is 6.42 Å². The van der Waals surface area contributed by atoms with Crippen molar-refractivity contribution < 1.29 is 5.21 Å². The molecule has 0 bridgehead atoms. The molecule has 6 nitrogen and oxygen atoms in total. The Morgan fingerprint density at radius 1 is 1.85 bits per heavy atom. The minimum atomic E-state index is 0.219. The van der Waals surface area contributed by atoms with Gasteiger partial charge in [0.15, 0.2) is 0 Å². The van der Waals surface area contributed by atoms with E-state index in [0.717, 1.165) is 5.69 Å². The van der Waals surface area contributed by atoms with Crippen LogP contribution in [-0.2, 0) is 7.05 Å². The Labute approximate surface area is 76.0 Å². The van der Waals surface area contributed by atoms with Crippen LogP contribution in [0.5, 0.6) is 0 Å². The van der Waals surface area contributed by atoms with E-state index in [-0.39, 0.29) is 5.84 Å². The number of nitrogens with zero attached hydrogens (tertiary/aromatic N) is 3. The third-order valence-electron chi connectivity index (χ3n) is 1.54. The van der Waals surface area contributed by atoms with Gasteiger partial charge in [0, 0.05) is 26.2 Å². The molecule has 0 saturated heterocycles. The maximum Gasteiger partial charge on any atom is 0.140 e. The van der Waals surface area contributed by atoms with Gasteiger partial charge in [-0.2, -0.15) is 5.10 Å². The highest BCUT2D eigenvalue weighted by atomic mass is 16.4. The highest BCUT2D eigenvalue weighted by Gasteiger charge is 1.95. The summed E-state index contributed by atoms with van der Waals surface area (Å²) in [7, 11) is 1.84. The first-order chi connectivity index (χ1) is 6.22. The summed E-state index contributed by atoms with van der Waals surface area (Å²) in [5.74, 6) is 0.219. The van der Waals surface area contributed by atoms with Crippen LogP contribution in [0.2, 0.25) is 0 Å². The standard InChI is InChI=1S/C7H13N5O/c1-12-5-6(4-10-12)9-3-2-7(8)11-13/h4-5,9,13H,2-3H2,1H3,(H2,8,11). The zero-order valence-corrected chi connectivity index (χ0v) is 7.44. The predicted octanol–water partition coefficient (Wildman–Crippen LogP) is -0.0315. The minimum absolute atomic E-state index is 0.219. The molecule has 1 heterocycles. The van der Waals surface area contributed by atoms with E-state index in [2.05, 4.69) is 15.6 Å². The van der Waals surface area contributed by atoms with Gasteiger partial charge >= 0.3 is 0 Å². The molecule has 0 aromatic carbocycles. The van der Waals surface area contributed by atoms with Gasteiger partial charge in [-0.25, -0.2) is 0 Å². The highest BCUT2D eigenvalue weighted by molar-refractivity contribution is 5.80. The average Bonchev–Trinajstić information content (AvgIpc) is 2.51. The van der Waals surface area contributed by atoms with Crippen molar-refractivity contribution in [2.24, 2.45) is 17.9 Å². The molecule has 0 spiro atoms. The van der Waals surface area contributed by atoms with Gasteiger partial charge in [-0.1, -0.05) is 5.16 Å². The number of amidine groups is 1. The van der Waals surface area contributed by atoms with Gasteiger partial charge in [0.25, 0.3) is 0 Å². The topological polar surface area (TPSA) is 88.5 Å². The van der Waals surface area contributed by atoms with Crippen LogP contribution in [0.15, 0.2) is 17.5 Å². The summed E-state index contributed by atoms with van der Waals surface area (Å²) in [5.41, 5.74) is 6.21. The molecule has 0 unspecified atom stereocenters. The van der Waals surface area contributed by atoms with Gasteiger partial charge in [0.2, 0.25) is 0 Å². The lowest BCUT2D eigenvalue weighted by Gasteiger charge is -2.00. The number of aromatic nitrogens is 2. The Kier molecular flexibility index (Phi) is 3.13. The van der Waals surface area contributed by atoms with Crippen molar-refractivity contribution in [3.8, 4) is 0 Å². The molecule has 0 amide bonds. The molecule has 0 fully saturated rings. The molecule has 72 valence electrons. The Balaban J connectivity index is 2.28. The molecule has 1 aromatic heterocycles. The SMILES string of the molecule is Cn1cc(NCCC(N)=NO)cn1. The fourth-order valence-electron chi connectivity index (χ4n) is 0.897. The van der Waals surface area contributed by atoms with Crippen molar-refractivity contribution in [2.45, 2.75) is 6.42 Å². The van der Waals surface area contributed by atoms with Crippen LogP contribution in [0.25, 0.3) is 0 Å². The molecule has 0 radical (unpaired) electrons. The first kappa shape index (κ1) is 9.37. The second-order valence-corrected chi connectivity index (χ2v) is 2.67. The fourth-order valence-corrected chi connectivity index (χ4v) is 0.897. The van der Waals surface area contributed by atoms with E-state index in [1.807, 2.05) is 13.2 Å². The number of rotatable bonds is 4. The summed E-state index contributed by atoms with van der Waals surface area (Å²) >= 11 is 0. The van der Waals surface area contributed by atoms with Crippen molar-refractivity contribution in [3.05, 3.63) is 12.4 Å². The maximum absolute atomic E-state index is 8.25. The number of anilines is 1. The molecule has 0 saturated carbocycles. The molecule has 4 N–H and O–H groups in total. The van der Waals surface area contributed by atoms with E-state index in [1.165, 1.54) is 0 Å². The summed E-state index contributed by atoms with van der Waals surface area (Å²) in [6.07, 6.45) is 4.07. The third-order valence-corrected chi connectivity index (χ3v) is 1.54. The fraction of sp³-hybridized carbons (Fsp3) is 0.429. The molecular weight excluding hydrogens is 170 g/mol. The lowest BCUT2D eigenvalue weighted by Crippen LogP contribution is -2.16. The maximum atomic E-state index is 8.25. The number of hydrogen-bond donors (Lipinski definition) is 3. The van der Waals surface area contributed by atoms with Gasteiger partial charge in [-0.05, 0) is 0 Å². The second-order valence-electron chi connectivity index (χ2n) is 2.67. The summed E-state index contributed by atoms with van der Waals surface area (Å²) in [4.78, 5) is 0. The summed E-state index contributed by atoms with van der Waals surface area (Å²) < 4.78 is 1.70. The summed E-state index contributed by atoms with van der Waals surface area (Å²) in [6.45, 7) is 0.627. The normalized spacial score (nSPS) is 11.6. The van der Waals surface area contributed by atoms with Crippen LogP contribution in [-0.4, -0.2) is 27.4 Å². The number of aryl methyl sites for hydroxylation is 1. The Morgan fingerprint density at radius 3 is 3.15 bits per heavy atom. The van der Waals surface area contributed by atoms with Crippen LogP contribution < -0.4 is 11.1 Å². The first-order valence-corrected chi connectivity index (χ1v) is 3.91. The van der Waals surface area contributed by atoms with Crippen LogP contribution in [0.3, 0.4) is 0 Å². The number of nitrogens with two attached hydrogens (primary N) is 1. The quantitative estimate of drug-likeness (QED) is 0.265. The number of oxime groups is 1. The second kappa shape index (κ2) is 4.34. The van der Waals surface area contributed by atoms with Crippen LogP contribution in [0, 0.1) is 0 Å². The lowest BCUT2D eigenvalue weighted by molar-refractivity contribution is 0.317. The Hall–Kier alpha value is -1.72. The number of hydrogen-bond acceptors (Lipinski definition) is 4. The summed E-state index contributed by atoms with van der Waals surface area (Å²) in [6, 6.07) is 0. The molecule has 13 heavy (non-hydrogen) atoms. The van der Waals surface area contributed by atoms with E-state index in [4.69, 9.17) is 10.9 Å². The molecule has 6 heteroatoms. The smallest absolute Gasteiger partial charge is 0.140 e. The average molecular weight is 183 g/mol. The first-order valence-electron chi connectivity index (χ1n) is 3.91. The molecular formula is C7H13N5O. The van der Waals surface area contributed by atoms with Crippen molar-refractivity contribution in [2.75, 3.05) is 11.9 Å².